The number of carbonyl (C=O) groups is 1. The molecule has 0 bridgehead atoms. The Morgan fingerprint density at radius 3 is 2.21 bits per heavy atom. The molecule has 154 valence electrons. The fourth-order valence-corrected chi connectivity index (χ4v) is 6.25. The molecule has 0 saturated carbocycles. The molecule has 1 heterocycles. The second-order valence-corrected chi connectivity index (χ2v) is 11.6. The van der Waals surface area contributed by atoms with Crippen molar-refractivity contribution in [3.63, 3.8) is 0 Å². The van der Waals surface area contributed by atoms with Crippen LogP contribution in [0.2, 0.25) is 0 Å². The van der Waals surface area contributed by atoms with E-state index in [4.69, 9.17) is 4.74 Å². The predicted octanol–water partition coefficient (Wildman–Crippen LogP) is 7.09. The smallest absolute Gasteiger partial charge is 0.207 e. The first-order valence-electron chi connectivity index (χ1n) is 10.7. The van der Waals surface area contributed by atoms with Crippen molar-refractivity contribution in [2.24, 2.45) is 27.6 Å². The third kappa shape index (κ3) is 3.13. The van der Waals surface area contributed by atoms with Gasteiger partial charge in [-0.25, -0.2) is 0 Å². The Bertz CT molecular complexity index is 804. The molecule has 0 spiro atoms. The second kappa shape index (κ2) is 6.47. The van der Waals surface area contributed by atoms with E-state index >= 15 is 0 Å². The lowest BCUT2D eigenvalue weighted by Gasteiger charge is -2.62. The van der Waals surface area contributed by atoms with Crippen LogP contribution in [0.4, 0.5) is 0 Å². The third-order valence-corrected chi connectivity index (χ3v) is 7.91. The summed E-state index contributed by atoms with van der Waals surface area (Å²) in [6.07, 6.45) is 3.86. The zero-order chi connectivity index (χ0) is 21.1. The van der Waals surface area contributed by atoms with E-state index in [9.17, 15) is 4.79 Å². The number of ketones is 1. The zero-order valence-electron chi connectivity index (χ0n) is 19.3. The van der Waals surface area contributed by atoms with Crippen molar-refractivity contribution >= 4 is 5.78 Å². The number of allylic oxidation sites excluding steroid dienone is 2. The molecule has 4 atom stereocenters. The monoisotopic (exact) mass is 382 g/mol. The number of benzene rings is 1. The molecule has 0 amide bonds. The van der Waals surface area contributed by atoms with Gasteiger partial charge in [-0.15, -0.1) is 0 Å². The van der Waals surface area contributed by atoms with Crippen molar-refractivity contribution in [1.82, 2.24) is 0 Å². The van der Waals surface area contributed by atoms with Crippen LogP contribution >= 0.6 is 0 Å². The Morgan fingerprint density at radius 2 is 1.68 bits per heavy atom. The van der Waals surface area contributed by atoms with Crippen LogP contribution in [0.15, 0.2) is 35.9 Å². The normalized spacial score (nSPS) is 33.3. The summed E-state index contributed by atoms with van der Waals surface area (Å²) in [6, 6.07) is 7.67. The molecule has 1 aromatic rings. The number of carbonyl (C=O) groups excluding carboxylic acids is 1. The molecule has 1 aliphatic carbocycles. The summed E-state index contributed by atoms with van der Waals surface area (Å²) in [4.78, 5) is 13.1. The minimum absolute atomic E-state index is 0.0963. The van der Waals surface area contributed by atoms with Crippen molar-refractivity contribution < 1.29 is 9.53 Å². The average molecular weight is 383 g/mol. The lowest BCUT2D eigenvalue weighted by Crippen LogP contribution is -2.56. The van der Waals surface area contributed by atoms with Crippen LogP contribution in [0.5, 0.6) is 5.75 Å². The maximum atomic E-state index is 13.1. The van der Waals surface area contributed by atoms with E-state index in [1.165, 1.54) is 5.57 Å². The van der Waals surface area contributed by atoms with Gasteiger partial charge in [0.2, 0.25) is 5.78 Å². The van der Waals surface area contributed by atoms with Gasteiger partial charge in [-0.1, -0.05) is 79.2 Å². The molecule has 2 nitrogen and oxygen atoms in total. The molecule has 2 aliphatic rings. The van der Waals surface area contributed by atoms with Gasteiger partial charge in [0.25, 0.3) is 0 Å². The summed E-state index contributed by atoms with van der Waals surface area (Å²) in [5, 5.41) is 0. The van der Waals surface area contributed by atoms with E-state index in [-0.39, 0.29) is 27.4 Å². The third-order valence-electron chi connectivity index (χ3n) is 7.91. The highest BCUT2D eigenvalue weighted by atomic mass is 16.5. The van der Waals surface area contributed by atoms with Gasteiger partial charge in [0.15, 0.2) is 6.10 Å². The number of hydrogen-bond acceptors (Lipinski definition) is 2. The predicted molar refractivity (Wildman–Crippen MR) is 117 cm³/mol. The van der Waals surface area contributed by atoms with Crippen LogP contribution in [-0.4, -0.2) is 11.9 Å². The molecule has 3 rings (SSSR count). The highest BCUT2D eigenvalue weighted by Gasteiger charge is 2.58. The fraction of sp³-hybridized carbons (Fsp3) is 0.654. The lowest BCUT2D eigenvalue weighted by molar-refractivity contribution is -0.0990. The van der Waals surface area contributed by atoms with Crippen LogP contribution < -0.4 is 4.74 Å². The van der Waals surface area contributed by atoms with Crippen LogP contribution in [0.1, 0.15) is 85.5 Å². The summed E-state index contributed by atoms with van der Waals surface area (Å²) in [7, 11) is 0. The van der Waals surface area contributed by atoms with E-state index in [0.717, 1.165) is 24.2 Å². The molecular weight excluding hydrogens is 344 g/mol. The van der Waals surface area contributed by atoms with E-state index < -0.39 is 6.10 Å². The molecule has 2 heteroatoms. The van der Waals surface area contributed by atoms with Gasteiger partial charge in [0.05, 0.1) is 5.56 Å². The first kappa shape index (κ1) is 21.1. The number of hydrogen-bond donors (Lipinski definition) is 0. The minimum atomic E-state index is -0.391. The van der Waals surface area contributed by atoms with Gasteiger partial charge in [-0.3, -0.25) is 4.79 Å². The summed E-state index contributed by atoms with van der Waals surface area (Å²) in [5.74, 6) is 1.31. The Kier molecular flexibility index (Phi) is 4.89. The molecule has 0 N–H and O–H groups in total. The summed E-state index contributed by atoms with van der Waals surface area (Å²) in [6.45, 7) is 21.3. The molecule has 0 saturated heterocycles. The number of fused-ring (bicyclic) bond motifs is 1. The van der Waals surface area contributed by atoms with Crippen molar-refractivity contribution in [1.29, 1.82) is 0 Å². The van der Waals surface area contributed by atoms with E-state index in [0.29, 0.717) is 5.92 Å². The maximum absolute atomic E-state index is 13.1. The van der Waals surface area contributed by atoms with Crippen LogP contribution in [0.3, 0.4) is 0 Å². The van der Waals surface area contributed by atoms with Crippen LogP contribution in [0, 0.1) is 27.6 Å². The Hall–Kier alpha value is -1.57. The van der Waals surface area contributed by atoms with Gasteiger partial charge in [-0.05, 0) is 53.1 Å². The fourth-order valence-electron chi connectivity index (χ4n) is 6.25. The largest absolute Gasteiger partial charge is 0.481 e. The van der Waals surface area contributed by atoms with Gasteiger partial charge in [-0.2, -0.15) is 0 Å². The lowest BCUT2D eigenvalue weighted by atomic mass is 9.42. The van der Waals surface area contributed by atoms with Gasteiger partial charge in [0.1, 0.15) is 5.75 Å². The quantitative estimate of drug-likeness (QED) is 0.510. The molecule has 1 unspecified atom stereocenters. The zero-order valence-corrected chi connectivity index (χ0v) is 19.3. The molecule has 1 aromatic carbocycles. The number of rotatable bonds is 2. The van der Waals surface area contributed by atoms with Gasteiger partial charge in [0, 0.05) is 6.42 Å². The molecule has 1 aliphatic heterocycles. The SMILES string of the molecule is CC1=CC[C@](C)(C(C)(C)C)[C@@H](C(C)(C)C)[C@@]1(C)CC1Oc2ccccc2C1=O. The Labute approximate surface area is 171 Å². The van der Waals surface area contributed by atoms with Crippen molar-refractivity contribution in [2.75, 3.05) is 0 Å². The maximum Gasteiger partial charge on any atom is 0.207 e. The highest BCUT2D eigenvalue weighted by Crippen LogP contribution is 2.65. The standard InChI is InChI=1S/C26H38O2/c1-17-14-15-26(9,24(5,6)7)22(23(2,3)4)25(17,8)16-20-21(27)18-12-10-11-13-19(18)28-20/h10-14,20,22H,15-16H2,1-9H3/t20?,22-,25-,26-/m0/s1. The first-order valence-corrected chi connectivity index (χ1v) is 10.7. The molecule has 0 radical (unpaired) electrons. The second-order valence-electron chi connectivity index (χ2n) is 11.6. The highest BCUT2D eigenvalue weighted by molar-refractivity contribution is 6.04. The van der Waals surface area contributed by atoms with Crippen LogP contribution in [-0.2, 0) is 0 Å². The number of para-hydroxylation sites is 1. The summed E-state index contributed by atoms with van der Waals surface area (Å²) >= 11 is 0. The van der Waals surface area contributed by atoms with Crippen molar-refractivity contribution in [3.8, 4) is 5.75 Å². The van der Waals surface area contributed by atoms with Crippen molar-refractivity contribution in [3.05, 3.63) is 41.5 Å². The van der Waals surface area contributed by atoms with Crippen LogP contribution in [0.25, 0.3) is 0 Å². The summed E-state index contributed by atoms with van der Waals surface area (Å²) < 4.78 is 6.17. The van der Waals surface area contributed by atoms with E-state index in [1.807, 2.05) is 24.3 Å². The molecule has 0 fully saturated rings. The Morgan fingerprint density at radius 1 is 1.07 bits per heavy atom. The van der Waals surface area contributed by atoms with Crippen molar-refractivity contribution in [2.45, 2.75) is 81.3 Å². The number of Topliss-reactive ketones (excluding diaryl/α,β-unsaturated/α-hetero) is 1. The average Bonchev–Trinajstić information content (AvgIpc) is 2.85. The minimum Gasteiger partial charge on any atom is -0.481 e. The van der Waals surface area contributed by atoms with Gasteiger partial charge < -0.3 is 4.74 Å². The first-order chi connectivity index (χ1) is 12.7. The molecule has 0 aromatic heterocycles. The Balaban J connectivity index is 2.05. The molecule has 28 heavy (non-hydrogen) atoms. The van der Waals surface area contributed by atoms with E-state index in [1.54, 1.807) is 0 Å². The topological polar surface area (TPSA) is 26.3 Å². The van der Waals surface area contributed by atoms with E-state index in [2.05, 4.69) is 68.4 Å². The molecular formula is C26H38O2. The number of ether oxygens (including phenoxy) is 1. The summed E-state index contributed by atoms with van der Waals surface area (Å²) in [5.41, 5.74) is 2.45. The van der Waals surface area contributed by atoms with Gasteiger partial charge >= 0.3 is 0 Å².